The van der Waals surface area contributed by atoms with Crippen LogP contribution in [-0.4, -0.2) is 15.3 Å². The molecule has 0 saturated carbocycles. The summed E-state index contributed by atoms with van der Waals surface area (Å²) in [4.78, 5) is 33.7. The zero-order valence-corrected chi connectivity index (χ0v) is 18.7. The smallest absolute Gasteiger partial charge is 0.262 e. The third kappa shape index (κ3) is 3.79. The molecule has 0 fully saturated rings. The van der Waals surface area contributed by atoms with Gasteiger partial charge in [0.05, 0.1) is 11.9 Å². The standard InChI is InChI=1S/C26H23FN2O2S/c1-16-13-18(11-12-20(16)27)21(30)15-29-23(14-17-7-3-2-4-8-17)28-25-24(26(29)31)19-9-5-6-10-22(19)32-25/h2-4,7-8,11-13H,5-6,9-10,14-15H2,1H3. The first-order chi connectivity index (χ1) is 15.5. The maximum Gasteiger partial charge on any atom is 0.262 e. The normalized spacial score (nSPS) is 13.3. The molecule has 0 amide bonds. The van der Waals surface area contributed by atoms with Crippen LogP contribution < -0.4 is 5.56 Å². The first kappa shape index (κ1) is 20.8. The van der Waals surface area contributed by atoms with Gasteiger partial charge < -0.3 is 0 Å². The average Bonchev–Trinajstić information content (AvgIpc) is 3.17. The van der Waals surface area contributed by atoms with Gasteiger partial charge in [-0.25, -0.2) is 9.37 Å². The Balaban J connectivity index is 1.63. The second kappa shape index (κ2) is 8.43. The summed E-state index contributed by atoms with van der Waals surface area (Å²) in [5.41, 5.74) is 2.80. The van der Waals surface area contributed by atoms with Crippen molar-refractivity contribution in [3.63, 3.8) is 0 Å². The van der Waals surface area contributed by atoms with Gasteiger partial charge in [0.1, 0.15) is 16.5 Å². The number of aryl methyl sites for hydroxylation is 3. The van der Waals surface area contributed by atoms with E-state index in [1.165, 1.54) is 27.6 Å². The fourth-order valence-corrected chi connectivity index (χ4v) is 5.68. The third-order valence-electron chi connectivity index (χ3n) is 6.14. The summed E-state index contributed by atoms with van der Waals surface area (Å²) >= 11 is 1.62. The predicted octanol–water partition coefficient (Wildman–Crippen LogP) is 5.26. The Bertz CT molecular complexity index is 1390. The number of carbonyl (C=O) groups is 1. The third-order valence-corrected chi connectivity index (χ3v) is 7.33. The molecule has 0 bridgehead atoms. The lowest BCUT2D eigenvalue weighted by Crippen LogP contribution is -2.29. The van der Waals surface area contributed by atoms with Crippen LogP contribution in [0.4, 0.5) is 4.39 Å². The van der Waals surface area contributed by atoms with E-state index in [0.717, 1.165) is 41.6 Å². The summed E-state index contributed by atoms with van der Waals surface area (Å²) in [6.45, 7) is 1.52. The van der Waals surface area contributed by atoms with Gasteiger partial charge in [-0.1, -0.05) is 30.3 Å². The number of benzene rings is 2. The van der Waals surface area contributed by atoms with E-state index in [4.69, 9.17) is 4.98 Å². The molecule has 2 aromatic carbocycles. The quantitative estimate of drug-likeness (QED) is 0.393. The van der Waals surface area contributed by atoms with E-state index in [2.05, 4.69) is 0 Å². The maximum atomic E-state index is 13.7. The molecule has 0 radical (unpaired) electrons. The van der Waals surface area contributed by atoms with Gasteiger partial charge in [0.25, 0.3) is 5.56 Å². The van der Waals surface area contributed by atoms with Gasteiger partial charge >= 0.3 is 0 Å². The highest BCUT2D eigenvalue weighted by atomic mass is 32.1. The van der Waals surface area contributed by atoms with Crippen molar-refractivity contribution in [1.82, 2.24) is 9.55 Å². The van der Waals surface area contributed by atoms with E-state index in [1.807, 2.05) is 30.3 Å². The van der Waals surface area contributed by atoms with Gasteiger partial charge in [0.15, 0.2) is 5.78 Å². The summed E-state index contributed by atoms with van der Waals surface area (Å²) < 4.78 is 15.2. The van der Waals surface area contributed by atoms with Crippen LogP contribution in [0.25, 0.3) is 10.2 Å². The number of thiophene rings is 1. The fraction of sp³-hybridized carbons (Fsp3) is 0.269. The molecule has 5 rings (SSSR count). The van der Waals surface area contributed by atoms with Gasteiger partial charge in [0.2, 0.25) is 0 Å². The van der Waals surface area contributed by atoms with Gasteiger partial charge in [0, 0.05) is 16.9 Å². The second-order valence-corrected chi connectivity index (χ2v) is 9.44. The number of aromatic nitrogens is 2. The lowest BCUT2D eigenvalue weighted by atomic mass is 9.97. The predicted molar refractivity (Wildman–Crippen MR) is 125 cm³/mol. The van der Waals surface area contributed by atoms with Crippen molar-refractivity contribution in [1.29, 1.82) is 0 Å². The van der Waals surface area contributed by atoms with E-state index in [1.54, 1.807) is 18.3 Å². The molecule has 2 heterocycles. The number of rotatable bonds is 5. The lowest BCUT2D eigenvalue weighted by Gasteiger charge is -2.14. The summed E-state index contributed by atoms with van der Waals surface area (Å²) in [6, 6.07) is 14.1. The van der Waals surface area contributed by atoms with Crippen molar-refractivity contribution in [2.45, 2.75) is 45.6 Å². The molecule has 0 atom stereocenters. The molecule has 0 aliphatic heterocycles. The zero-order chi connectivity index (χ0) is 22.2. The highest BCUT2D eigenvalue weighted by Crippen LogP contribution is 2.34. The van der Waals surface area contributed by atoms with Gasteiger partial charge in [-0.3, -0.25) is 14.2 Å². The number of nitrogens with zero attached hydrogens (tertiary/aromatic N) is 2. The molecule has 32 heavy (non-hydrogen) atoms. The van der Waals surface area contributed by atoms with Crippen LogP contribution >= 0.6 is 11.3 Å². The van der Waals surface area contributed by atoms with Gasteiger partial charge in [-0.15, -0.1) is 11.3 Å². The van der Waals surface area contributed by atoms with Crippen molar-refractivity contribution < 1.29 is 9.18 Å². The number of halogens is 1. The monoisotopic (exact) mass is 446 g/mol. The number of ketones is 1. The molecule has 2 aromatic heterocycles. The molecule has 4 aromatic rings. The lowest BCUT2D eigenvalue weighted by molar-refractivity contribution is 0.0969. The molecule has 1 aliphatic carbocycles. The molecule has 1 aliphatic rings. The first-order valence-electron chi connectivity index (χ1n) is 10.9. The molecule has 0 saturated heterocycles. The SMILES string of the molecule is Cc1cc(C(=O)Cn2c(Cc3ccccc3)nc3sc4c(c3c2=O)CCCC4)ccc1F. The largest absolute Gasteiger partial charge is 0.292 e. The van der Waals surface area contributed by atoms with Crippen molar-refractivity contribution in [2.75, 3.05) is 0 Å². The van der Waals surface area contributed by atoms with Crippen LogP contribution in [0.5, 0.6) is 0 Å². The Labute approximate surface area is 189 Å². The molecule has 0 unspecified atom stereocenters. The number of carbonyl (C=O) groups excluding carboxylic acids is 1. The van der Waals surface area contributed by atoms with Crippen molar-refractivity contribution in [2.24, 2.45) is 0 Å². The van der Waals surface area contributed by atoms with Crippen LogP contribution in [0.15, 0.2) is 53.3 Å². The minimum Gasteiger partial charge on any atom is -0.292 e. The summed E-state index contributed by atoms with van der Waals surface area (Å²) in [6.07, 6.45) is 4.53. The second-order valence-electron chi connectivity index (χ2n) is 8.36. The molecule has 162 valence electrons. The fourth-order valence-electron chi connectivity index (χ4n) is 4.41. The molecule has 0 spiro atoms. The highest BCUT2D eigenvalue weighted by molar-refractivity contribution is 7.18. The number of hydrogen-bond acceptors (Lipinski definition) is 4. The zero-order valence-electron chi connectivity index (χ0n) is 17.9. The van der Waals surface area contributed by atoms with E-state index >= 15 is 0 Å². The molecule has 4 nitrogen and oxygen atoms in total. The Morgan fingerprint density at radius 3 is 2.69 bits per heavy atom. The van der Waals surface area contributed by atoms with Gasteiger partial charge in [-0.2, -0.15) is 0 Å². The van der Waals surface area contributed by atoms with E-state index < -0.39 is 0 Å². The summed E-state index contributed by atoms with van der Waals surface area (Å²) in [5.74, 6) is 0.00529. The van der Waals surface area contributed by atoms with Crippen molar-refractivity contribution in [3.05, 3.63) is 97.7 Å². The number of fused-ring (bicyclic) bond motifs is 3. The van der Waals surface area contributed by atoms with Crippen LogP contribution in [0.3, 0.4) is 0 Å². The number of hydrogen-bond donors (Lipinski definition) is 0. The van der Waals surface area contributed by atoms with Gasteiger partial charge in [-0.05, 0) is 67.5 Å². The highest BCUT2D eigenvalue weighted by Gasteiger charge is 2.23. The Hall–Kier alpha value is -3.12. The van der Waals surface area contributed by atoms with Crippen LogP contribution in [0.2, 0.25) is 0 Å². The Morgan fingerprint density at radius 1 is 1.12 bits per heavy atom. The van der Waals surface area contributed by atoms with E-state index in [9.17, 15) is 14.0 Å². The van der Waals surface area contributed by atoms with Crippen LogP contribution in [-0.2, 0) is 25.8 Å². The maximum absolute atomic E-state index is 13.7. The van der Waals surface area contributed by atoms with Crippen molar-refractivity contribution >= 4 is 27.3 Å². The number of Topliss-reactive ketones (excluding diaryl/α,β-unsaturated/α-hetero) is 1. The first-order valence-corrected chi connectivity index (χ1v) is 11.7. The average molecular weight is 447 g/mol. The Morgan fingerprint density at radius 2 is 1.91 bits per heavy atom. The van der Waals surface area contributed by atoms with Crippen LogP contribution in [0, 0.1) is 12.7 Å². The topological polar surface area (TPSA) is 52.0 Å². The molecule has 6 heteroatoms. The Kier molecular flexibility index (Phi) is 5.47. The molecule has 0 N–H and O–H groups in total. The minimum absolute atomic E-state index is 0.111. The summed E-state index contributed by atoms with van der Waals surface area (Å²) in [7, 11) is 0. The molecular weight excluding hydrogens is 423 g/mol. The summed E-state index contributed by atoms with van der Waals surface area (Å²) in [5, 5.41) is 0.671. The molecular formula is C26H23FN2O2S. The van der Waals surface area contributed by atoms with Crippen LogP contribution in [0.1, 0.15) is 50.6 Å². The van der Waals surface area contributed by atoms with Crippen molar-refractivity contribution in [3.8, 4) is 0 Å². The minimum atomic E-state index is -0.350. The van der Waals surface area contributed by atoms with E-state index in [0.29, 0.717) is 28.8 Å². The van der Waals surface area contributed by atoms with E-state index in [-0.39, 0.29) is 23.7 Å².